The number of ether oxygens (including phenoxy) is 1. The van der Waals surface area contributed by atoms with Crippen LogP contribution in [-0.4, -0.2) is 33.3 Å². The summed E-state index contributed by atoms with van der Waals surface area (Å²) in [7, 11) is 0. The van der Waals surface area contributed by atoms with Crippen LogP contribution in [0, 0.1) is 24.5 Å². The van der Waals surface area contributed by atoms with Crippen LogP contribution in [0.1, 0.15) is 129 Å². The van der Waals surface area contributed by atoms with Gasteiger partial charge in [0, 0.05) is 40.8 Å². The zero-order valence-electron chi connectivity index (χ0n) is 33.1. The topological polar surface area (TPSA) is 41.0 Å². The van der Waals surface area contributed by atoms with Crippen LogP contribution in [0.2, 0.25) is 0 Å². The van der Waals surface area contributed by atoms with E-state index in [2.05, 4.69) is 159 Å². The second kappa shape index (κ2) is 13.8. The number of anilines is 3. The maximum atomic E-state index is 6.74. The zero-order valence-corrected chi connectivity index (χ0v) is 35.3. The van der Waals surface area contributed by atoms with Crippen LogP contribution in [0.25, 0.3) is 0 Å². The first-order valence-corrected chi connectivity index (χ1v) is 19.0. The van der Waals surface area contributed by atoms with E-state index in [-0.39, 0.29) is 48.9 Å². The first kappa shape index (κ1) is 38.3. The second-order valence-electron chi connectivity index (χ2n) is 18.3. The standard InChI is InChI=1S/C46H56N4O.Pt/c1-30-25-31(41-48-42(44(5,6)7)46(10,11)50(41)33-17-13-12-14-18-33)27-35(26-30)51-34-21-22-37-39(29-34)49(38-20-16-15-19-36(38)45(37,8)9)40-28-32(23-24-47-40)43(2,3)4;/h15-16,19-26,28,33,42H,12-14,17-18H2,1-11H3;/q-2;+2/t42-;/m1./s1. The molecular formula is C46H56N4OPt. The summed E-state index contributed by atoms with van der Waals surface area (Å²) in [6, 6.07) is 29.6. The minimum absolute atomic E-state index is 0. The van der Waals surface area contributed by atoms with Gasteiger partial charge in [-0.15, -0.1) is 34.9 Å². The third kappa shape index (κ3) is 6.88. The van der Waals surface area contributed by atoms with Crippen molar-refractivity contribution >= 4 is 23.0 Å². The molecule has 0 saturated heterocycles. The summed E-state index contributed by atoms with van der Waals surface area (Å²) in [4.78, 5) is 15.4. The van der Waals surface area contributed by atoms with Gasteiger partial charge in [-0.05, 0) is 72.3 Å². The van der Waals surface area contributed by atoms with Crippen LogP contribution in [0.5, 0.6) is 11.5 Å². The van der Waals surface area contributed by atoms with Crippen molar-refractivity contribution < 1.29 is 25.8 Å². The van der Waals surface area contributed by atoms with Gasteiger partial charge in [-0.1, -0.05) is 118 Å². The van der Waals surface area contributed by atoms with Crippen LogP contribution >= 0.6 is 0 Å². The molecule has 0 spiro atoms. The first-order chi connectivity index (χ1) is 24.0. The SMILES string of the molecule is Cc1cc(Oc2[c-]c3c(cc2)C(C)(C)c2ccccc2N3c2cc(C(C)(C)C)ccn2)[c-]c(C2=N[C@H](C(C)(C)C)C(C)(C)N2C2CCCCC2)c1.[Pt+2]. The average Bonchev–Trinajstić information content (AvgIpc) is 3.36. The summed E-state index contributed by atoms with van der Waals surface area (Å²) in [5, 5.41) is 0. The van der Waals surface area contributed by atoms with Crippen LogP contribution in [-0.2, 0) is 31.9 Å². The van der Waals surface area contributed by atoms with Gasteiger partial charge in [-0.3, -0.25) is 0 Å². The number of hydrogen-bond acceptors (Lipinski definition) is 5. The van der Waals surface area contributed by atoms with Crippen molar-refractivity contribution in [2.45, 2.75) is 137 Å². The van der Waals surface area contributed by atoms with Gasteiger partial charge < -0.3 is 19.5 Å². The summed E-state index contributed by atoms with van der Waals surface area (Å²) < 4.78 is 6.74. The molecule has 1 aliphatic carbocycles. The normalized spacial score (nSPS) is 19.8. The molecule has 3 aromatic carbocycles. The molecule has 1 atom stereocenters. The van der Waals surface area contributed by atoms with E-state index in [0.29, 0.717) is 17.5 Å². The number of aromatic nitrogens is 1. The Balaban J connectivity index is 0.00000464. The van der Waals surface area contributed by atoms with E-state index in [4.69, 9.17) is 14.7 Å². The van der Waals surface area contributed by atoms with Gasteiger partial charge in [0.15, 0.2) is 0 Å². The molecule has 0 radical (unpaired) electrons. The minimum Gasteiger partial charge on any atom is -0.503 e. The number of para-hydroxylation sites is 1. The fraction of sp³-hybridized carbons (Fsp3) is 0.478. The van der Waals surface area contributed by atoms with Crippen molar-refractivity contribution in [1.82, 2.24) is 9.88 Å². The van der Waals surface area contributed by atoms with E-state index < -0.39 is 0 Å². The molecule has 2 aliphatic heterocycles. The number of fused-ring (bicyclic) bond motifs is 2. The number of aliphatic imine (C=N–C) groups is 1. The summed E-state index contributed by atoms with van der Waals surface area (Å²) in [5.41, 5.74) is 7.56. The molecule has 0 amide bonds. The Kier molecular flexibility index (Phi) is 10.1. The van der Waals surface area contributed by atoms with Crippen LogP contribution in [0.3, 0.4) is 0 Å². The molecule has 1 fully saturated rings. The summed E-state index contributed by atoms with van der Waals surface area (Å²) in [5.74, 6) is 3.27. The molecule has 1 aromatic heterocycles. The number of nitrogens with zero attached hydrogens (tertiary/aromatic N) is 4. The third-order valence-electron chi connectivity index (χ3n) is 11.4. The van der Waals surface area contributed by atoms with Gasteiger partial charge >= 0.3 is 21.1 Å². The summed E-state index contributed by atoms with van der Waals surface area (Å²) in [6.07, 6.45) is 8.22. The fourth-order valence-corrected chi connectivity index (χ4v) is 9.07. The van der Waals surface area contributed by atoms with Crippen molar-refractivity contribution in [3.63, 3.8) is 0 Å². The number of pyridine rings is 1. The predicted molar refractivity (Wildman–Crippen MR) is 211 cm³/mol. The van der Waals surface area contributed by atoms with Gasteiger partial charge in [-0.2, -0.15) is 6.07 Å². The average molecular weight is 876 g/mol. The Labute approximate surface area is 327 Å². The number of rotatable bonds is 5. The third-order valence-corrected chi connectivity index (χ3v) is 11.4. The van der Waals surface area contributed by atoms with Crippen molar-refractivity contribution in [2.75, 3.05) is 4.90 Å². The maximum absolute atomic E-state index is 6.74. The molecule has 276 valence electrons. The Morgan fingerprint density at radius 2 is 1.52 bits per heavy atom. The van der Waals surface area contributed by atoms with E-state index in [1.807, 2.05) is 6.20 Å². The quantitative estimate of drug-likeness (QED) is 0.187. The smallest absolute Gasteiger partial charge is 0.503 e. The van der Waals surface area contributed by atoms with E-state index >= 15 is 0 Å². The fourth-order valence-electron chi connectivity index (χ4n) is 9.07. The van der Waals surface area contributed by atoms with Crippen LogP contribution in [0.15, 0.2) is 71.9 Å². The van der Waals surface area contributed by atoms with Crippen LogP contribution < -0.4 is 9.64 Å². The first-order valence-electron chi connectivity index (χ1n) is 19.0. The molecule has 5 nitrogen and oxygen atoms in total. The zero-order chi connectivity index (χ0) is 36.5. The van der Waals surface area contributed by atoms with E-state index in [0.717, 1.165) is 34.2 Å². The van der Waals surface area contributed by atoms with Crippen molar-refractivity contribution in [2.24, 2.45) is 10.4 Å². The van der Waals surface area contributed by atoms with Crippen molar-refractivity contribution in [3.8, 4) is 11.5 Å². The molecule has 0 bridgehead atoms. The Bertz CT molecular complexity index is 1980. The van der Waals surface area contributed by atoms with Gasteiger partial charge in [-0.25, -0.2) is 4.98 Å². The van der Waals surface area contributed by atoms with Crippen molar-refractivity contribution in [3.05, 3.63) is 107 Å². The molecule has 3 aliphatic rings. The maximum Gasteiger partial charge on any atom is 2.00 e. The number of amidine groups is 1. The largest absolute Gasteiger partial charge is 2.00 e. The Morgan fingerprint density at radius 3 is 2.21 bits per heavy atom. The molecule has 4 aromatic rings. The second-order valence-corrected chi connectivity index (χ2v) is 18.3. The Hall–Kier alpha value is -3.43. The molecule has 0 unspecified atom stereocenters. The van der Waals surface area contributed by atoms with Gasteiger partial charge in [0.1, 0.15) is 5.82 Å². The molecule has 0 N–H and O–H groups in total. The van der Waals surface area contributed by atoms with Gasteiger partial charge in [0.25, 0.3) is 0 Å². The molecule has 1 saturated carbocycles. The number of benzene rings is 3. The van der Waals surface area contributed by atoms with Crippen LogP contribution in [0.4, 0.5) is 17.2 Å². The molecule has 52 heavy (non-hydrogen) atoms. The summed E-state index contributed by atoms with van der Waals surface area (Å²) >= 11 is 0. The number of aryl methyl sites for hydroxylation is 1. The molecule has 3 heterocycles. The molecule has 7 rings (SSSR count). The minimum atomic E-state index is -0.235. The summed E-state index contributed by atoms with van der Waals surface area (Å²) in [6.45, 7) is 25.2. The molecule has 6 heteroatoms. The van der Waals surface area contributed by atoms with Gasteiger partial charge in [0.05, 0.1) is 6.04 Å². The van der Waals surface area contributed by atoms with Gasteiger partial charge in [0.2, 0.25) is 0 Å². The van der Waals surface area contributed by atoms with E-state index in [1.165, 1.54) is 48.8 Å². The Morgan fingerprint density at radius 1 is 0.808 bits per heavy atom. The van der Waals surface area contributed by atoms with E-state index in [9.17, 15) is 0 Å². The predicted octanol–water partition coefficient (Wildman–Crippen LogP) is 11.8. The number of hydrogen-bond donors (Lipinski definition) is 0. The molecular weight excluding hydrogens is 820 g/mol. The monoisotopic (exact) mass is 875 g/mol. The van der Waals surface area contributed by atoms with E-state index in [1.54, 1.807) is 0 Å². The van der Waals surface area contributed by atoms with Crippen molar-refractivity contribution in [1.29, 1.82) is 0 Å².